The van der Waals surface area contributed by atoms with Gasteiger partial charge in [-0.05, 0) is 43.0 Å². The van der Waals surface area contributed by atoms with E-state index in [1.807, 2.05) is 30.3 Å². The fourth-order valence-corrected chi connectivity index (χ4v) is 5.10. The lowest BCUT2D eigenvalue weighted by molar-refractivity contribution is -0.141. The second-order valence-corrected chi connectivity index (χ2v) is 11.0. The van der Waals surface area contributed by atoms with Gasteiger partial charge in [-0.15, -0.1) is 0 Å². The molecule has 0 saturated heterocycles. The summed E-state index contributed by atoms with van der Waals surface area (Å²) >= 11 is 0. The van der Waals surface area contributed by atoms with Crippen LogP contribution in [0.4, 0.5) is 0 Å². The number of phenols is 1. The average Bonchev–Trinajstić information content (AvgIpc) is 2.77. The monoisotopic (exact) mass is 490 g/mol. The van der Waals surface area contributed by atoms with Gasteiger partial charge in [-0.2, -0.15) is 0 Å². The number of carbonyl (C=O) groups excluding carboxylic acids is 2. The van der Waals surface area contributed by atoms with Crippen LogP contribution in [0.25, 0.3) is 0 Å². The fourth-order valence-electron chi connectivity index (χ4n) is 3.48. The number of carbonyl (C=O) groups is 3. The molecule has 9 nitrogen and oxygen atoms in total. The van der Waals surface area contributed by atoms with Crippen molar-refractivity contribution in [1.82, 2.24) is 10.6 Å². The first-order valence-corrected chi connectivity index (χ1v) is 12.8. The average molecular weight is 490 g/mol. The zero-order valence-electron chi connectivity index (χ0n) is 19.2. The van der Waals surface area contributed by atoms with Gasteiger partial charge in [0, 0.05) is 19.5 Å². The number of aliphatic carboxylic acids is 1. The molecule has 10 heteroatoms. The van der Waals surface area contributed by atoms with Crippen LogP contribution >= 0.6 is 7.37 Å². The zero-order chi connectivity index (χ0) is 25.3. The van der Waals surface area contributed by atoms with Crippen molar-refractivity contribution in [2.75, 3.05) is 6.16 Å². The third-order valence-electron chi connectivity index (χ3n) is 5.48. The van der Waals surface area contributed by atoms with Crippen LogP contribution in [0, 0.1) is 5.92 Å². The first kappa shape index (κ1) is 27.1. The smallest absolute Gasteiger partial charge is 0.307 e. The number of carboxylic acids is 1. The molecule has 0 fully saturated rings. The number of hydrogen-bond donors (Lipinski definition) is 5. The van der Waals surface area contributed by atoms with Gasteiger partial charge in [-0.1, -0.05) is 42.5 Å². The van der Waals surface area contributed by atoms with Gasteiger partial charge in [-0.25, -0.2) is 0 Å². The number of nitrogens with one attached hydrogen (secondary N) is 2. The summed E-state index contributed by atoms with van der Waals surface area (Å²) in [6.07, 6.45) is 0.234. The molecule has 2 aromatic carbocycles. The molecule has 0 radical (unpaired) electrons. The lowest BCUT2D eigenvalue weighted by Gasteiger charge is -2.26. The molecule has 2 aromatic rings. The molecule has 0 heterocycles. The quantitative estimate of drug-likeness (QED) is 0.287. The molecule has 0 aromatic heterocycles. The standard InChI is InChI=1S/C24H31N2O7P/c1-16(27)25-22(14-19-9-12-21(28)13-10-19)23(29)26-17(2)34(32,33)15-20(24(30)31)11-8-18-6-4-3-5-7-18/h3-7,9-10,12-13,17,20,22,28H,8,11,14-15H2,1-2H3,(H,25,27)(H,26,29)(H,30,31)(H,32,33)/t17-,20-,22+/m1/s1. The predicted octanol–water partition coefficient (Wildman–Crippen LogP) is 2.51. The van der Waals surface area contributed by atoms with E-state index in [0.29, 0.717) is 12.0 Å². The Morgan fingerprint density at radius 2 is 1.59 bits per heavy atom. The van der Waals surface area contributed by atoms with Crippen molar-refractivity contribution >= 4 is 25.2 Å². The number of rotatable bonds is 12. The zero-order valence-corrected chi connectivity index (χ0v) is 20.1. The Bertz CT molecular complexity index is 1030. The van der Waals surface area contributed by atoms with Crippen molar-refractivity contribution < 1.29 is 34.1 Å². The van der Waals surface area contributed by atoms with E-state index < -0.39 is 49.1 Å². The number of hydrogen-bond acceptors (Lipinski definition) is 5. The molecule has 0 saturated carbocycles. The van der Waals surface area contributed by atoms with Crippen molar-refractivity contribution in [1.29, 1.82) is 0 Å². The Morgan fingerprint density at radius 1 is 0.971 bits per heavy atom. The van der Waals surface area contributed by atoms with Gasteiger partial charge in [0.15, 0.2) is 0 Å². The molecule has 34 heavy (non-hydrogen) atoms. The SMILES string of the molecule is CC(=O)N[C@@H](Cc1ccc(O)cc1)C(=O)N[C@@H](C)P(=O)(O)C[C@@H](CCc1ccccc1)C(=O)O. The number of amides is 2. The summed E-state index contributed by atoms with van der Waals surface area (Å²) in [7, 11) is -4.09. The Labute approximate surface area is 198 Å². The number of benzene rings is 2. The maximum absolute atomic E-state index is 13.0. The van der Waals surface area contributed by atoms with Gasteiger partial charge in [-0.3, -0.25) is 18.9 Å². The summed E-state index contributed by atoms with van der Waals surface area (Å²) in [6.45, 7) is 2.60. The minimum atomic E-state index is -4.09. The predicted molar refractivity (Wildman–Crippen MR) is 128 cm³/mol. The van der Waals surface area contributed by atoms with E-state index in [4.69, 9.17) is 0 Å². The van der Waals surface area contributed by atoms with Crippen molar-refractivity contribution in [3.8, 4) is 5.75 Å². The molecule has 2 rings (SSSR count). The van der Waals surface area contributed by atoms with E-state index in [9.17, 15) is 34.1 Å². The van der Waals surface area contributed by atoms with E-state index in [-0.39, 0.29) is 18.6 Å². The summed E-state index contributed by atoms with van der Waals surface area (Å²) < 4.78 is 13.0. The van der Waals surface area contributed by atoms with Gasteiger partial charge in [0.2, 0.25) is 19.2 Å². The van der Waals surface area contributed by atoms with Gasteiger partial charge in [0.1, 0.15) is 17.6 Å². The Balaban J connectivity index is 2.04. The molecule has 0 spiro atoms. The number of aromatic hydroxyl groups is 1. The summed E-state index contributed by atoms with van der Waals surface area (Å²) in [5.74, 6) is -4.51. The summed E-state index contributed by atoms with van der Waals surface area (Å²) in [5, 5.41) is 24.0. The molecule has 184 valence electrons. The van der Waals surface area contributed by atoms with Crippen LogP contribution in [0.5, 0.6) is 5.75 Å². The molecule has 1 unspecified atom stereocenters. The lowest BCUT2D eigenvalue weighted by atomic mass is 10.0. The highest BCUT2D eigenvalue weighted by molar-refractivity contribution is 7.58. The van der Waals surface area contributed by atoms with Crippen LogP contribution in [-0.4, -0.2) is 50.9 Å². The van der Waals surface area contributed by atoms with Crippen LogP contribution in [0.2, 0.25) is 0 Å². The number of aryl methyl sites for hydroxylation is 1. The molecular formula is C24H31N2O7P. The highest BCUT2D eigenvalue weighted by atomic mass is 31.2. The van der Waals surface area contributed by atoms with Crippen LogP contribution in [0.3, 0.4) is 0 Å². The Kier molecular flexibility index (Phi) is 9.83. The van der Waals surface area contributed by atoms with E-state index in [0.717, 1.165) is 5.56 Å². The molecule has 5 N–H and O–H groups in total. The second-order valence-electron chi connectivity index (χ2n) is 8.31. The fraction of sp³-hybridized carbons (Fsp3) is 0.375. The second kappa shape index (κ2) is 12.3. The van der Waals surface area contributed by atoms with Gasteiger partial charge >= 0.3 is 5.97 Å². The van der Waals surface area contributed by atoms with Crippen molar-refractivity contribution in [3.05, 3.63) is 65.7 Å². The maximum atomic E-state index is 13.0. The molecular weight excluding hydrogens is 459 g/mol. The van der Waals surface area contributed by atoms with Gasteiger partial charge < -0.3 is 25.7 Å². The lowest BCUT2D eigenvalue weighted by Crippen LogP contribution is -2.49. The maximum Gasteiger partial charge on any atom is 0.307 e. The molecule has 4 atom stereocenters. The third-order valence-corrected chi connectivity index (χ3v) is 7.79. The highest BCUT2D eigenvalue weighted by Crippen LogP contribution is 2.47. The molecule has 0 aliphatic carbocycles. The van der Waals surface area contributed by atoms with Gasteiger partial charge in [0.25, 0.3) is 0 Å². The van der Waals surface area contributed by atoms with Crippen LogP contribution < -0.4 is 10.6 Å². The summed E-state index contributed by atoms with van der Waals surface area (Å²) in [5.41, 5.74) is 1.59. The van der Waals surface area contributed by atoms with E-state index in [1.54, 1.807) is 12.1 Å². The van der Waals surface area contributed by atoms with E-state index in [2.05, 4.69) is 10.6 Å². The summed E-state index contributed by atoms with van der Waals surface area (Å²) in [6, 6.07) is 14.3. The minimum absolute atomic E-state index is 0.0550. The Morgan fingerprint density at radius 3 is 2.15 bits per heavy atom. The van der Waals surface area contributed by atoms with Crippen LogP contribution in [0.1, 0.15) is 31.4 Å². The molecule has 0 aliphatic rings. The molecule has 0 aliphatic heterocycles. The van der Waals surface area contributed by atoms with Crippen molar-refractivity contribution in [3.63, 3.8) is 0 Å². The largest absolute Gasteiger partial charge is 0.508 e. The van der Waals surface area contributed by atoms with Crippen molar-refractivity contribution in [2.45, 2.75) is 44.9 Å². The number of carboxylic acid groups (broad SMARTS) is 1. The third kappa shape index (κ3) is 8.65. The van der Waals surface area contributed by atoms with E-state index >= 15 is 0 Å². The first-order valence-electron chi connectivity index (χ1n) is 10.9. The molecule has 2 amide bonds. The van der Waals surface area contributed by atoms with Crippen LogP contribution in [0.15, 0.2) is 54.6 Å². The van der Waals surface area contributed by atoms with E-state index in [1.165, 1.54) is 26.0 Å². The topological polar surface area (TPSA) is 153 Å². The van der Waals surface area contributed by atoms with Gasteiger partial charge in [0.05, 0.1) is 5.92 Å². The first-order chi connectivity index (χ1) is 16.0. The number of phenolic OH excluding ortho intramolecular Hbond substituents is 1. The van der Waals surface area contributed by atoms with Crippen molar-refractivity contribution in [2.24, 2.45) is 5.92 Å². The summed E-state index contributed by atoms with van der Waals surface area (Å²) in [4.78, 5) is 46.7. The normalized spacial score (nSPS) is 15.4. The van der Waals surface area contributed by atoms with Crippen LogP contribution in [-0.2, 0) is 31.8 Å². The minimum Gasteiger partial charge on any atom is -0.508 e. The Hall–Kier alpha value is -3.16. The molecule has 0 bridgehead atoms. The highest BCUT2D eigenvalue weighted by Gasteiger charge is 2.35.